The number of hydrogen-bond donors (Lipinski definition) is 1. The third-order valence-corrected chi connectivity index (χ3v) is 2.68. The zero-order valence-corrected chi connectivity index (χ0v) is 12.0. The minimum Gasteiger partial charge on any atom is -0.478 e. The second-order valence-corrected chi connectivity index (χ2v) is 4.72. The molecule has 0 aliphatic carbocycles. The van der Waals surface area contributed by atoms with Gasteiger partial charge in [0.1, 0.15) is 5.82 Å². The van der Waals surface area contributed by atoms with E-state index in [4.69, 9.17) is 9.84 Å². The molecule has 1 aromatic carbocycles. The number of likely N-dealkylation sites (N-methyl/N-ethyl adjacent to an activating group) is 1. The van der Waals surface area contributed by atoms with Crippen molar-refractivity contribution in [2.75, 3.05) is 25.1 Å². The number of carboxylic acid groups (broad SMARTS) is 1. The Labute approximate surface area is 118 Å². The molecule has 0 unspecified atom stereocenters. The van der Waals surface area contributed by atoms with Crippen molar-refractivity contribution < 1.29 is 19.0 Å². The Morgan fingerprint density at radius 1 is 1.50 bits per heavy atom. The van der Waals surface area contributed by atoms with Gasteiger partial charge < -0.3 is 14.7 Å². The van der Waals surface area contributed by atoms with Crippen LogP contribution in [0.1, 0.15) is 19.4 Å². The number of hydrogen-bond acceptors (Lipinski definition) is 3. The Kier molecular flexibility index (Phi) is 6.18. The minimum atomic E-state index is -1.06. The third-order valence-electron chi connectivity index (χ3n) is 2.68. The van der Waals surface area contributed by atoms with E-state index in [1.165, 1.54) is 12.1 Å². The van der Waals surface area contributed by atoms with Crippen molar-refractivity contribution in [2.45, 2.75) is 20.0 Å². The van der Waals surface area contributed by atoms with Gasteiger partial charge in [0.25, 0.3) is 0 Å². The number of aliphatic carboxylic acids is 1. The Hall–Kier alpha value is -1.88. The maximum absolute atomic E-state index is 13.9. The van der Waals surface area contributed by atoms with Gasteiger partial charge >= 0.3 is 5.97 Å². The van der Waals surface area contributed by atoms with Gasteiger partial charge in [0.05, 0.1) is 18.4 Å². The van der Waals surface area contributed by atoms with E-state index in [0.29, 0.717) is 24.4 Å². The molecule has 0 spiro atoms. The van der Waals surface area contributed by atoms with Crippen LogP contribution in [-0.4, -0.2) is 37.4 Å². The quantitative estimate of drug-likeness (QED) is 0.781. The fraction of sp³-hybridized carbons (Fsp3) is 0.400. The van der Waals surface area contributed by atoms with Crippen molar-refractivity contribution in [3.63, 3.8) is 0 Å². The number of ether oxygens (including phenoxy) is 1. The van der Waals surface area contributed by atoms with Gasteiger partial charge in [-0.1, -0.05) is 6.07 Å². The molecule has 0 radical (unpaired) electrons. The van der Waals surface area contributed by atoms with Crippen LogP contribution in [0.3, 0.4) is 0 Å². The number of nitrogens with zero attached hydrogens (tertiary/aromatic N) is 1. The highest BCUT2D eigenvalue weighted by Gasteiger charge is 2.08. The first-order valence-electron chi connectivity index (χ1n) is 6.43. The summed E-state index contributed by atoms with van der Waals surface area (Å²) in [5.41, 5.74) is 0.977. The summed E-state index contributed by atoms with van der Waals surface area (Å²) in [5, 5.41) is 8.53. The second kappa shape index (κ2) is 7.65. The molecule has 0 saturated heterocycles. The van der Waals surface area contributed by atoms with E-state index in [2.05, 4.69) is 0 Å². The van der Waals surface area contributed by atoms with Gasteiger partial charge in [0.2, 0.25) is 0 Å². The summed E-state index contributed by atoms with van der Waals surface area (Å²) < 4.78 is 19.4. The molecule has 0 heterocycles. The normalized spacial score (nSPS) is 11.2. The van der Waals surface area contributed by atoms with Gasteiger partial charge in [-0.3, -0.25) is 0 Å². The van der Waals surface area contributed by atoms with Gasteiger partial charge in [-0.15, -0.1) is 0 Å². The molecule has 1 aromatic rings. The largest absolute Gasteiger partial charge is 0.478 e. The minimum absolute atomic E-state index is 0.150. The number of benzene rings is 1. The molecule has 0 bridgehead atoms. The van der Waals surface area contributed by atoms with Gasteiger partial charge in [-0.2, -0.15) is 0 Å². The SMILES string of the molecule is CC(C)OCCN(C)c1ccc(/C=C/C(=O)O)cc1F. The van der Waals surface area contributed by atoms with Gasteiger partial charge in [-0.25, -0.2) is 9.18 Å². The first kappa shape index (κ1) is 16.2. The Morgan fingerprint density at radius 3 is 2.75 bits per heavy atom. The molecule has 0 aliphatic heterocycles. The van der Waals surface area contributed by atoms with Gasteiger partial charge in [-0.05, 0) is 37.6 Å². The number of carboxylic acids is 1. The van der Waals surface area contributed by atoms with E-state index < -0.39 is 5.97 Å². The number of anilines is 1. The van der Waals surface area contributed by atoms with Crippen LogP contribution in [0.15, 0.2) is 24.3 Å². The monoisotopic (exact) mass is 281 g/mol. The van der Waals surface area contributed by atoms with Crippen molar-refractivity contribution in [1.29, 1.82) is 0 Å². The molecule has 1 N–H and O–H groups in total. The van der Waals surface area contributed by atoms with E-state index in [1.807, 2.05) is 13.8 Å². The van der Waals surface area contributed by atoms with Crippen LogP contribution in [-0.2, 0) is 9.53 Å². The fourth-order valence-electron chi connectivity index (χ4n) is 1.65. The molecular formula is C15H20FNO3. The lowest BCUT2D eigenvalue weighted by Crippen LogP contribution is -2.24. The van der Waals surface area contributed by atoms with E-state index in [9.17, 15) is 9.18 Å². The molecule has 1 rings (SSSR count). The fourth-order valence-corrected chi connectivity index (χ4v) is 1.65. The van der Waals surface area contributed by atoms with Crippen molar-refractivity contribution >= 4 is 17.7 Å². The number of rotatable bonds is 7. The summed E-state index contributed by atoms with van der Waals surface area (Å²) >= 11 is 0. The predicted molar refractivity (Wildman–Crippen MR) is 77.4 cm³/mol. The zero-order chi connectivity index (χ0) is 15.1. The Bertz CT molecular complexity index is 486. The van der Waals surface area contributed by atoms with Crippen LogP contribution < -0.4 is 4.90 Å². The summed E-state index contributed by atoms with van der Waals surface area (Å²) in [6.07, 6.45) is 2.49. The standard InChI is InChI=1S/C15H20FNO3/c1-11(2)20-9-8-17(3)14-6-4-12(10-13(14)16)5-7-15(18)19/h4-7,10-11H,8-9H2,1-3H3,(H,18,19)/b7-5+. The van der Waals surface area contributed by atoms with Crippen LogP contribution in [0.5, 0.6) is 0 Å². The van der Waals surface area contributed by atoms with E-state index in [1.54, 1.807) is 24.1 Å². The van der Waals surface area contributed by atoms with E-state index in [-0.39, 0.29) is 11.9 Å². The lowest BCUT2D eigenvalue weighted by Gasteiger charge is -2.20. The zero-order valence-electron chi connectivity index (χ0n) is 12.0. The van der Waals surface area contributed by atoms with E-state index >= 15 is 0 Å². The molecule has 0 fully saturated rings. The summed E-state index contributed by atoms with van der Waals surface area (Å²) in [7, 11) is 1.79. The molecule has 4 nitrogen and oxygen atoms in total. The van der Waals surface area contributed by atoms with Crippen molar-refractivity contribution in [3.05, 3.63) is 35.7 Å². The molecule has 0 amide bonds. The summed E-state index contributed by atoms with van der Waals surface area (Å²) in [4.78, 5) is 12.2. The Morgan fingerprint density at radius 2 is 2.20 bits per heavy atom. The second-order valence-electron chi connectivity index (χ2n) is 4.72. The molecule has 0 aromatic heterocycles. The highest BCUT2D eigenvalue weighted by molar-refractivity contribution is 5.85. The molecule has 20 heavy (non-hydrogen) atoms. The molecular weight excluding hydrogens is 261 g/mol. The summed E-state index contributed by atoms with van der Waals surface area (Å²) in [6, 6.07) is 4.62. The highest BCUT2D eigenvalue weighted by atomic mass is 19.1. The van der Waals surface area contributed by atoms with Crippen LogP contribution >= 0.6 is 0 Å². The molecule has 0 saturated carbocycles. The maximum atomic E-state index is 13.9. The molecule has 5 heteroatoms. The Balaban J connectivity index is 2.69. The van der Waals surface area contributed by atoms with E-state index in [0.717, 1.165) is 6.08 Å². The molecule has 110 valence electrons. The van der Waals surface area contributed by atoms with Gasteiger partial charge in [0.15, 0.2) is 0 Å². The number of halogens is 1. The van der Waals surface area contributed by atoms with Crippen molar-refractivity contribution in [1.82, 2.24) is 0 Å². The van der Waals surface area contributed by atoms with Crippen LogP contribution in [0.4, 0.5) is 10.1 Å². The van der Waals surface area contributed by atoms with Gasteiger partial charge in [0, 0.05) is 19.7 Å². The van der Waals surface area contributed by atoms with Crippen LogP contribution in [0.25, 0.3) is 6.08 Å². The topological polar surface area (TPSA) is 49.8 Å². The molecule has 0 atom stereocenters. The number of carbonyl (C=O) groups is 1. The van der Waals surface area contributed by atoms with Crippen LogP contribution in [0, 0.1) is 5.82 Å². The lowest BCUT2D eigenvalue weighted by molar-refractivity contribution is -0.131. The lowest BCUT2D eigenvalue weighted by atomic mass is 10.1. The average molecular weight is 281 g/mol. The highest BCUT2D eigenvalue weighted by Crippen LogP contribution is 2.20. The van der Waals surface area contributed by atoms with Crippen molar-refractivity contribution in [3.8, 4) is 0 Å². The average Bonchev–Trinajstić information content (AvgIpc) is 2.35. The third kappa shape index (κ3) is 5.40. The van der Waals surface area contributed by atoms with Crippen LogP contribution in [0.2, 0.25) is 0 Å². The summed E-state index contributed by atoms with van der Waals surface area (Å²) in [5.74, 6) is -1.44. The predicted octanol–water partition coefficient (Wildman–Crippen LogP) is 2.78. The smallest absolute Gasteiger partial charge is 0.328 e. The first-order chi connectivity index (χ1) is 9.40. The first-order valence-corrected chi connectivity index (χ1v) is 6.43. The molecule has 0 aliphatic rings. The summed E-state index contributed by atoms with van der Waals surface area (Å²) in [6.45, 7) is 5.00. The maximum Gasteiger partial charge on any atom is 0.328 e. The van der Waals surface area contributed by atoms with Crippen molar-refractivity contribution in [2.24, 2.45) is 0 Å².